The molecule has 4 heteroatoms. The predicted octanol–water partition coefficient (Wildman–Crippen LogP) is 11.9. The summed E-state index contributed by atoms with van der Waals surface area (Å²) in [7, 11) is 0. The molecule has 3 aromatic heterocycles. The van der Waals surface area contributed by atoms with Gasteiger partial charge in [-0.15, -0.1) is 0 Å². The van der Waals surface area contributed by atoms with E-state index in [1.165, 1.54) is 16.2 Å². The first kappa shape index (κ1) is 29.0. The van der Waals surface area contributed by atoms with Crippen LogP contribution in [0, 0.1) is 0 Å². The minimum absolute atomic E-state index is 0.691. The maximum Gasteiger partial charge on any atom is 0.160 e. The summed E-state index contributed by atoms with van der Waals surface area (Å²) >= 11 is 0. The van der Waals surface area contributed by atoms with Crippen molar-refractivity contribution in [3.63, 3.8) is 0 Å². The van der Waals surface area contributed by atoms with Crippen LogP contribution in [0.1, 0.15) is 0 Å². The zero-order valence-electron chi connectivity index (χ0n) is 27.6. The highest BCUT2D eigenvalue weighted by molar-refractivity contribution is 6.27. The number of fused-ring (bicyclic) bond motifs is 7. The molecule has 51 heavy (non-hydrogen) atoms. The minimum Gasteiger partial charge on any atom is -0.308 e. The lowest BCUT2D eigenvalue weighted by Crippen LogP contribution is -1.98. The molecule has 0 aliphatic rings. The van der Waals surface area contributed by atoms with Crippen LogP contribution in [0.15, 0.2) is 182 Å². The third-order valence-electron chi connectivity index (χ3n) is 9.78. The lowest BCUT2D eigenvalue weighted by molar-refractivity contribution is 1.17. The predicted molar refractivity (Wildman–Crippen MR) is 211 cm³/mol. The molecule has 0 bridgehead atoms. The highest BCUT2D eigenvalue weighted by Crippen LogP contribution is 2.43. The zero-order chi connectivity index (χ0) is 33.7. The van der Waals surface area contributed by atoms with Crippen LogP contribution in [0.2, 0.25) is 0 Å². The maximum atomic E-state index is 5.37. The van der Waals surface area contributed by atoms with Crippen LogP contribution in [0.5, 0.6) is 0 Å². The number of pyridine rings is 1. The Morgan fingerprint density at radius 3 is 1.63 bits per heavy atom. The Hall–Kier alpha value is -6.91. The lowest BCUT2D eigenvalue weighted by atomic mass is 9.99. The molecule has 7 aromatic carbocycles. The van der Waals surface area contributed by atoms with Crippen LogP contribution < -0.4 is 0 Å². The zero-order valence-corrected chi connectivity index (χ0v) is 27.6. The molecular weight excluding hydrogens is 621 g/mol. The van der Waals surface area contributed by atoms with E-state index in [0.29, 0.717) is 5.82 Å². The van der Waals surface area contributed by atoms with E-state index in [0.717, 1.165) is 72.3 Å². The summed E-state index contributed by atoms with van der Waals surface area (Å²) in [5, 5.41) is 5.85. The Morgan fingerprint density at radius 1 is 0.392 bits per heavy atom. The molecular formula is C47H30N4. The highest BCUT2D eigenvalue weighted by atomic mass is 15.0. The summed E-state index contributed by atoms with van der Waals surface area (Å²) in [6.07, 6.45) is 0. The van der Waals surface area contributed by atoms with Crippen LogP contribution >= 0.6 is 0 Å². The Labute approximate surface area is 295 Å². The van der Waals surface area contributed by atoms with Gasteiger partial charge in [-0.3, -0.25) is 0 Å². The van der Waals surface area contributed by atoms with Gasteiger partial charge in [-0.1, -0.05) is 140 Å². The van der Waals surface area contributed by atoms with Gasteiger partial charge in [0.1, 0.15) is 0 Å². The van der Waals surface area contributed by atoms with E-state index >= 15 is 0 Å². The van der Waals surface area contributed by atoms with Crippen molar-refractivity contribution >= 4 is 43.5 Å². The van der Waals surface area contributed by atoms with Gasteiger partial charge in [-0.2, -0.15) is 0 Å². The molecule has 0 amide bonds. The number of rotatable bonds is 5. The first-order valence-electron chi connectivity index (χ1n) is 17.2. The first-order chi connectivity index (χ1) is 25.3. The van der Waals surface area contributed by atoms with Gasteiger partial charge in [0.15, 0.2) is 5.82 Å². The maximum absolute atomic E-state index is 5.37. The quantitative estimate of drug-likeness (QED) is 0.174. The van der Waals surface area contributed by atoms with Crippen molar-refractivity contribution in [2.75, 3.05) is 0 Å². The standard InChI is InChI=1S/C47H30N4/c1-4-15-32(16-5-1)40-30-41(33-17-6-2-7-18-33)50-47(49-40)35-24-27-36(28-25-35)51-42-23-13-12-22-38(42)44-45(34-19-8-3-9-20-34)48-39-29-26-31-14-10-11-21-37(31)43(39)46(44)51/h1-30H. The molecule has 0 unspecified atom stereocenters. The van der Waals surface area contributed by atoms with E-state index in [9.17, 15) is 0 Å². The molecule has 10 rings (SSSR count). The Bertz CT molecular complexity index is 2820. The topological polar surface area (TPSA) is 43.6 Å². The molecule has 0 aliphatic carbocycles. The molecule has 238 valence electrons. The molecule has 0 spiro atoms. The summed E-state index contributed by atoms with van der Waals surface area (Å²) in [6, 6.07) is 63.6. The molecule has 0 N–H and O–H groups in total. The summed E-state index contributed by atoms with van der Waals surface area (Å²) in [5.41, 5.74) is 11.3. The van der Waals surface area contributed by atoms with Gasteiger partial charge in [0, 0.05) is 44.1 Å². The fourth-order valence-electron chi connectivity index (χ4n) is 7.42. The van der Waals surface area contributed by atoms with E-state index in [1.54, 1.807) is 0 Å². The van der Waals surface area contributed by atoms with Crippen molar-refractivity contribution in [3.05, 3.63) is 182 Å². The fraction of sp³-hybridized carbons (Fsp3) is 0. The first-order valence-corrected chi connectivity index (χ1v) is 17.2. The van der Waals surface area contributed by atoms with Gasteiger partial charge < -0.3 is 4.57 Å². The molecule has 0 saturated heterocycles. The van der Waals surface area contributed by atoms with E-state index in [4.69, 9.17) is 15.0 Å². The van der Waals surface area contributed by atoms with Crippen LogP contribution in [0.3, 0.4) is 0 Å². The van der Waals surface area contributed by atoms with E-state index in [1.807, 2.05) is 36.4 Å². The Balaban J connectivity index is 1.23. The van der Waals surface area contributed by atoms with Crippen LogP contribution in [-0.2, 0) is 0 Å². The van der Waals surface area contributed by atoms with Crippen molar-refractivity contribution in [2.45, 2.75) is 0 Å². The normalized spacial score (nSPS) is 11.5. The smallest absolute Gasteiger partial charge is 0.160 e. The molecule has 4 nitrogen and oxygen atoms in total. The average Bonchev–Trinajstić information content (AvgIpc) is 3.56. The van der Waals surface area contributed by atoms with E-state index in [-0.39, 0.29) is 0 Å². The third kappa shape index (κ3) is 4.88. The summed E-state index contributed by atoms with van der Waals surface area (Å²) < 4.78 is 2.41. The fourth-order valence-corrected chi connectivity index (χ4v) is 7.42. The summed E-state index contributed by atoms with van der Waals surface area (Å²) in [6.45, 7) is 0. The van der Waals surface area contributed by atoms with Gasteiger partial charge >= 0.3 is 0 Å². The number of nitrogens with zero attached hydrogens (tertiary/aromatic N) is 4. The second-order valence-corrected chi connectivity index (χ2v) is 12.8. The van der Waals surface area contributed by atoms with Crippen molar-refractivity contribution in [2.24, 2.45) is 0 Å². The Kier molecular flexibility index (Phi) is 6.78. The Morgan fingerprint density at radius 2 is 0.961 bits per heavy atom. The average molecular weight is 651 g/mol. The molecule has 0 aliphatic heterocycles. The van der Waals surface area contributed by atoms with Crippen LogP contribution in [0.25, 0.3) is 94.3 Å². The summed E-state index contributed by atoms with van der Waals surface area (Å²) in [4.78, 5) is 15.5. The SMILES string of the molecule is c1ccc(-c2cc(-c3ccccc3)nc(-c3ccc(-n4c5ccccc5c5c(-c6ccccc6)nc6ccc7ccccc7c6c54)cc3)n2)cc1. The number of aromatic nitrogens is 4. The van der Waals surface area contributed by atoms with Gasteiger partial charge in [-0.05, 0) is 53.2 Å². The molecule has 10 aromatic rings. The van der Waals surface area contributed by atoms with E-state index < -0.39 is 0 Å². The van der Waals surface area contributed by atoms with Gasteiger partial charge in [-0.25, -0.2) is 15.0 Å². The molecule has 3 heterocycles. The highest BCUT2D eigenvalue weighted by Gasteiger charge is 2.22. The van der Waals surface area contributed by atoms with Gasteiger partial charge in [0.05, 0.1) is 33.6 Å². The number of benzene rings is 7. The van der Waals surface area contributed by atoms with E-state index in [2.05, 4.69) is 150 Å². The second-order valence-electron chi connectivity index (χ2n) is 12.8. The number of para-hydroxylation sites is 1. The molecule has 0 radical (unpaired) electrons. The second kappa shape index (κ2) is 11.9. The summed E-state index contributed by atoms with van der Waals surface area (Å²) in [5.74, 6) is 0.691. The molecule has 0 fully saturated rings. The largest absolute Gasteiger partial charge is 0.308 e. The number of hydrogen-bond donors (Lipinski definition) is 0. The monoisotopic (exact) mass is 650 g/mol. The van der Waals surface area contributed by atoms with Crippen LogP contribution in [-0.4, -0.2) is 19.5 Å². The van der Waals surface area contributed by atoms with Crippen molar-refractivity contribution in [1.82, 2.24) is 19.5 Å². The molecule has 0 saturated carbocycles. The van der Waals surface area contributed by atoms with Crippen molar-refractivity contribution < 1.29 is 0 Å². The van der Waals surface area contributed by atoms with Crippen molar-refractivity contribution in [3.8, 4) is 50.8 Å². The van der Waals surface area contributed by atoms with Crippen molar-refractivity contribution in [1.29, 1.82) is 0 Å². The minimum atomic E-state index is 0.691. The lowest BCUT2D eigenvalue weighted by Gasteiger charge is -2.14. The molecule has 0 atom stereocenters. The van der Waals surface area contributed by atoms with Gasteiger partial charge in [0.2, 0.25) is 0 Å². The van der Waals surface area contributed by atoms with Crippen LogP contribution in [0.4, 0.5) is 0 Å². The van der Waals surface area contributed by atoms with Gasteiger partial charge in [0.25, 0.3) is 0 Å². The third-order valence-corrected chi connectivity index (χ3v) is 9.78. The number of hydrogen-bond acceptors (Lipinski definition) is 3.